The van der Waals surface area contributed by atoms with E-state index in [9.17, 15) is 4.79 Å². The van der Waals surface area contributed by atoms with Crippen molar-refractivity contribution >= 4 is 5.97 Å². The van der Waals surface area contributed by atoms with E-state index in [2.05, 4.69) is 10.4 Å². The van der Waals surface area contributed by atoms with Crippen LogP contribution in [0.3, 0.4) is 0 Å². The van der Waals surface area contributed by atoms with Crippen LogP contribution in [0.25, 0.3) is 0 Å². The third kappa shape index (κ3) is 3.32. The lowest BCUT2D eigenvalue weighted by molar-refractivity contribution is -0.145. The molecule has 102 valence electrons. The van der Waals surface area contributed by atoms with Gasteiger partial charge in [-0.2, -0.15) is 5.10 Å². The molecule has 1 aromatic rings. The summed E-state index contributed by atoms with van der Waals surface area (Å²) in [6.45, 7) is 8.86. The summed E-state index contributed by atoms with van der Waals surface area (Å²) in [7, 11) is 1.93. The van der Waals surface area contributed by atoms with Gasteiger partial charge in [-0.05, 0) is 27.2 Å². The van der Waals surface area contributed by atoms with Crippen molar-refractivity contribution in [2.24, 2.45) is 7.05 Å². The second-order valence-corrected chi connectivity index (χ2v) is 4.37. The molecule has 5 heteroatoms. The monoisotopic (exact) mass is 253 g/mol. The topological polar surface area (TPSA) is 56.1 Å². The number of carbonyl (C=O) groups is 1. The SMILES string of the molecule is CCOC(=O)C(CC)NCc1c(C)nn(C)c1C. The highest BCUT2D eigenvalue weighted by Gasteiger charge is 2.18. The molecule has 0 aromatic carbocycles. The van der Waals surface area contributed by atoms with Crippen molar-refractivity contribution in [3.8, 4) is 0 Å². The highest BCUT2D eigenvalue weighted by Crippen LogP contribution is 2.12. The smallest absolute Gasteiger partial charge is 0.323 e. The summed E-state index contributed by atoms with van der Waals surface area (Å²) < 4.78 is 6.89. The van der Waals surface area contributed by atoms with E-state index in [-0.39, 0.29) is 12.0 Å². The first-order valence-corrected chi connectivity index (χ1v) is 6.40. The largest absolute Gasteiger partial charge is 0.465 e. The Morgan fingerprint density at radius 2 is 2.11 bits per heavy atom. The maximum Gasteiger partial charge on any atom is 0.323 e. The van der Waals surface area contributed by atoms with Crippen LogP contribution in [0.2, 0.25) is 0 Å². The molecule has 1 N–H and O–H groups in total. The van der Waals surface area contributed by atoms with Gasteiger partial charge in [0.2, 0.25) is 0 Å². The lowest BCUT2D eigenvalue weighted by Crippen LogP contribution is -2.37. The number of aryl methyl sites for hydroxylation is 2. The molecule has 0 aliphatic rings. The van der Waals surface area contributed by atoms with Gasteiger partial charge in [0.1, 0.15) is 6.04 Å². The van der Waals surface area contributed by atoms with E-state index in [0.717, 1.165) is 23.4 Å². The molecule has 0 spiro atoms. The number of nitrogens with one attached hydrogen (secondary N) is 1. The van der Waals surface area contributed by atoms with Crippen molar-refractivity contribution in [2.75, 3.05) is 6.61 Å². The van der Waals surface area contributed by atoms with Crippen LogP contribution in [0.15, 0.2) is 0 Å². The van der Waals surface area contributed by atoms with Gasteiger partial charge in [-0.25, -0.2) is 0 Å². The van der Waals surface area contributed by atoms with Crippen molar-refractivity contribution < 1.29 is 9.53 Å². The second-order valence-electron chi connectivity index (χ2n) is 4.37. The molecule has 1 rings (SSSR count). The van der Waals surface area contributed by atoms with Gasteiger partial charge in [-0.3, -0.25) is 9.48 Å². The Labute approximate surface area is 109 Å². The standard InChI is InChI=1S/C13H23N3O2/c1-6-12(13(17)18-7-2)14-8-11-9(3)15-16(5)10(11)4/h12,14H,6-8H2,1-5H3. The number of carbonyl (C=O) groups excluding carboxylic acids is 1. The van der Waals surface area contributed by atoms with Gasteiger partial charge in [0, 0.05) is 24.8 Å². The van der Waals surface area contributed by atoms with E-state index < -0.39 is 0 Å². The van der Waals surface area contributed by atoms with Gasteiger partial charge in [-0.15, -0.1) is 0 Å². The van der Waals surface area contributed by atoms with Crippen molar-refractivity contribution in [3.05, 3.63) is 17.0 Å². The third-order valence-electron chi connectivity index (χ3n) is 3.16. The number of aromatic nitrogens is 2. The van der Waals surface area contributed by atoms with Crippen molar-refractivity contribution in [3.63, 3.8) is 0 Å². The van der Waals surface area contributed by atoms with Crippen LogP contribution in [0.1, 0.15) is 37.2 Å². The van der Waals surface area contributed by atoms with Gasteiger partial charge in [0.15, 0.2) is 0 Å². The molecule has 0 aliphatic carbocycles. The molecule has 0 fully saturated rings. The molecule has 0 aliphatic heterocycles. The molecule has 0 radical (unpaired) electrons. The highest BCUT2D eigenvalue weighted by atomic mass is 16.5. The lowest BCUT2D eigenvalue weighted by Gasteiger charge is -2.15. The first-order valence-electron chi connectivity index (χ1n) is 6.40. The normalized spacial score (nSPS) is 12.5. The Kier molecular flexibility index (Phi) is 5.34. The summed E-state index contributed by atoms with van der Waals surface area (Å²) in [5, 5.41) is 7.59. The minimum Gasteiger partial charge on any atom is -0.465 e. The Morgan fingerprint density at radius 1 is 1.44 bits per heavy atom. The van der Waals surface area contributed by atoms with Gasteiger partial charge >= 0.3 is 5.97 Å². The Morgan fingerprint density at radius 3 is 2.56 bits per heavy atom. The molecule has 1 unspecified atom stereocenters. The summed E-state index contributed by atoms with van der Waals surface area (Å²) in [5.41, 5.74) is 3.28. The maximum absolute atomic E-state index is 11.7. The molecule has 5 nitrogen and oxygen atoms in total. The van der Waals surface area contributed by atoms with Gasteiger partial charge in [0.05, 0.1) is 12.3 Å². The van der Waals surface area contributed by atoms with E-state index in [1.807, 2.05) is 39.4 Å². The summed E-state index contributed by atoms with van der Waals surface area (Å²) >= 11 is 0. The van der Waals surface area contributed by atoms with Crippen LogP contribution in [0.4, 0.5) is 0 Å². The fraction of sp³-hybridized carbons (Fsp3) is 0.692. The molecule has 0 amide bonds. The fourth-order valence-corrected chi connectivity index (χ4v) is 1.94. The molecular formula is C13H23N3O2. The van der Waals surface area contributed by atoms with E-state index in [1.54, 1.807) is 0 Å². The van der Waals surface area contributed by atoms with Crippen molar-refractivity contribution in [2.45, 2.75) is 46.7 Å². The van der Waals surface area contributed by atoms with Gasteiger partial charge < -0.3 is 10.1 Å². The summed E-state index contributed by atoms with van der Waals surface area (Å²) in [4.78, 5) is 11.7. The van der Waals surface area contributed by atoms with E-state index in [4.69, 9.17) is 4.74 Å². The molecule has 18 heavy (non-hydrogen) atoms. The maximum atomic E-state index is 11.7. The first kappa shape index (κ1) is 14.7. The zero-order chi connectivity index (χ0) is 13.7. The minimum absolute atomic E-state index is 0.181. The van der Waals surface area contributed by atoms with Gasteiger partial charge in [-0.1, -0.05) is 6.92 Å². The van der Waals surface area contributed by atoms with Crippen molar-refractivity contribution in [1.29, 1.82) is 0 Å². The van der Waals surface area contributed by atoms with E-state index in [0.29, 0.717) is 13.2 Å². The van der Waals surface area contributed by atoms with Crippen LogP contribution in [0, 0.1) is 13.8 Å². The molecule has 1 atom stereocenters. The average Bonchev–Trinajstić information content (AvgIpc) is 2.56. The van der Waals surface area contributed by atoms with Crippen molar-refractivity contribution in [1.82, 2.24) is 15.1 Å². The molecule has 0 saturated heterocycles. The summed E-state index contributed by atoms with van der Waals surface area (Å²) in [6.07, 6.45) is 0.719. The summed E-state index contributed by atoms with van der Waals surface area (Å²) in [6, 6.07) is -0.246. The second kappa shape index (κ2) is 6.54. The number of nitrogens with zero attached hydrogens (tertiary/aromatic N) is 2. The number of ether oxygens (including phenoxy) is 1. The predicted octanol–water partition coefficient (Wildman–Crippen LogP) is 1.47. The zero-order valence-corrected chi connectivity index (χ0v) is 11.9. The predicted molar refractivity (Wildman–Crippen MR) is 70.2 cm³/mol. The lowest BCUT2D eigenvalue weighted by atomic mass is 10.1. The van der Waals surface area contributed by atoms with Crippen LogP contribution in [0.5, 0.6) is 0 Å². The van der Waals surface area contributed by atoms with Crippen LogP contribution in [-0.2, 0) is 23.1 Å². The molecule has 0 saturated carbocycles. The average molecular weight is 253 g/mol. The van der Waals surface area contributed by atoms with Gasteiger partial charge in [0.25, 0.3) is 0 Å². The number of hydrogen-bond acceptors (Lipinski definition) is 4. The third-order valence-corrected chi connectivity index (χ3v) is 3.16. The van der Waals surface area contributed by atoms with Crippen LogP contribution < -0.4 is 5.32 Å². The Hall–Kier alpha value is -1.36. The Bertz CT molecular complexity index is 413. The Balaban J connectivity index is 2.65. The van der Waals surface area contributed by atoms with Crippen LogP contribution >= 0.6 is 0 Å². The van der Waals surface area contributed by atoms with E-state index in [1.165, 1.54) is 0 Å². The number of rotatable bonds is 6. The number of esters is 1. The minimum atomic E-state index is -0.246. The zero-order valence-electron chi connectivity index (χ0n) is 11.9. The highest BCUT2D eigenvalue weighted by molar-refractivity contribution is 5.75. The number of hydrogen-bond donors (Lipinski definition) is 1. The fourth-order valence-electron chi connectivity index (χ4n) is 1.94. The summed E-state index contributed by atoms with van der Waals surface area (Å²) in [5.74, 6) is -0.181. The van der Waals surface area contributed by atoms with E-state index >= 15 is 0 Å². The molecule has 0 bridgehead atoms. The quantitative estimate of drug-likeness (QED) is 0.780. The first-order chi connectivity index (χ1) is 8.51. The molecule has 1 aromatic heterocycles. The molecule has 1 heterocycles. The van der Waals surface area contributed by atoms with Crippen LogP contribution in [-0.4, -0.2) is 28.4 Å². The molecular weight excluding hydrogens is 230 g/mol.